The van der Waals surface area contributed by atoms with E-state index in [4.69, 9.17) is 5.73 Å². The van der Waals surface area contributed by atoms with Crippen molar-refractivity contribution >= 4 is 15.8 Å². The van der Waals surface area contributed by atoms with Crippen LogP contribution in [0.5, 0.6) is 0 Å². The Balaban J connectivity index is 2.24. The molecule has 18 heavy (non-hydrogen) atoms. The van der Waals surface area contributed by atoms with Gasteiger partial charge in [-0.15, -0.1) is 0 Å². The molecular formula is C11H20N4O2S. The third-order valence-corrected chi connectivity index (χ3v) is 5.48. The number of nitrogens with zero attached hydrogens (tertiary/aromatic N) is 2. The summed E-state index contributed by atoms with van der Waals surface area (Å²) in [6, 6.07) is 0. The van der Waals surface area contributed by atoms with Crippen molar-refractivity contribution in [2.24, 2.45) is 5.41 Å². The summed E-state index contributed by atoms with van der Waals surface area (Å²) in [7, 11) is -3.51. The molecule has 102 valence electrons. The summed E-state index contributed by atoms with van der Waals surface area (Å²) >= 11 is 0. The molecule has 2 rings (SSSR count). The van der Waals surface area contributed by atoms with Gasteiger partial charge in [-0.2, -0.15) is 9.40 Å². The average molecular weight is 272 g/mol. The molecule has 1 aliphatic rings. The van der Waals surface area contributed by atoms with E-state index in [9.17, 15) is 8.42 Å². The Kier molecular flexibility index (Phi) is 3.37. The van der Waals surface area contributed by atoms with Gasteiger partial charge in [0.1, 0.15) is 10.7 Å². The van der Waals surface area contributed by atoms with Crippen molar-refractivity contribution < 1.29 is 8.42 Å². The number of hydrogen-bond donors (Lipinski definition) is 2. The molecule has 0 bridgehead atoms. The predicted molar refractivity (Wildman–Crippen MR) is 69.4 cm³/mol. The van der Waals surface area contributed by atoms with Crippen LogP contribution in [-0.4, -0.2) is 36.0 Å². The van der Waals surface area contributed by atoms with Crippen molar-refractivity contribution in [3.63, 3.8) is 0 Å². The first-order chi connectivity index (χ1) is 8.33. The minimum absolute atomic E-state index is 0.0854. The molecule has 0 unspecified atom stereocenters. The third kappa shape index (κ3) is 2.51. The lowest BCUT2D eigenvalue weighted by Crippen LogP contribution is -2.32. The Labute approximate surface area is 108 Å². The number of sulfonamides is 1. The van der Waals surface area contributed by atoms with Crippen LogP contribution in [0.1, 0.15) is 33.1 Å². The summed E-state index contributed by atoms with van der Waals surface area (Å²) in [5, 5.41) is 6.15. The fourth-order valence-electron chi connectivity index (χ4n) is 2.27. The molecule has 1 aliphatic heterocycles. The highest BCUT2D eigenvalue weighted by molar-refractivity contribution is 7.89. The van der Waals surface area contributed by atoms with Crippen molar-refractivity contribution in [2.45, 2.75) is 38.0 Å². The maximum absolute atomic E-state index is 12.4. The fraction of sp³-hybridized carbons (Fsp3) is 0.727. The topological polar surface area (TPSA) is 92.1 Å². The monoisotopic (exact) mass is 272 g/mol. The van der Waals surface area contributed by atoms with E-state index in [0.29, 0.717) is 13.1 Å². The van der Waals surface area contributed by atoms with Crippen molar-refractivity contribution in [2.75, 3.05) is 18.8 Å². The standard InChI is InChI=1S/C11H20N4O2S/c1-11(2)4-3-6-15(7-5-11)18(16,17)9-8-13-14-10(9)12/h8H,3-7H2,1-2H3,(H3,12,13,14). The Morgan fingerprint density at radius 3 is 2.72 bits per heavy atom. The normalized spacial score (nSPS) is 21.7. The third-order valence-electron chi connectivity index (χ3n) is 3.55. The number of hydrogen-bond acceptors (Lipinski definition) is 4. The first-order valence-electron chi connectivity index (χ1n) is 6.12. The number of nitrogen functional groups attached to an aromatic ring is 1. The summed E-state index contributed by atoms with van der Waals surface area (Å²) in [4.78, 5) is 0.0854. The van der Waals surface area contributed by atoms with Gasteiger partial charge in [0.05, 0.1) is 6.20 Å². The first-order valence-corrected chi connectivity index (χ1v) is 7.56. The zero-order chi connectivity index (χ0) is 13.4. The first kappa shape index (κ1) is 13.4. The van der Waals surface area contributed by atoms with Gasteiger partial charge >= 0.3 is 0 Å². The summed E-state index contributed by atoms with van der Waals surface area (Å²) in [6.45, 7) is 5.45. The Morgan fingerprint density at radius 2 is 2.11 bits per heavy atom. The number of nitrogens with two attached hydrogens (primary N) is 1. The van der Waals surface area contributed by atoms with E-state index in [1.165, 1.54) is 10.5 Å². The van der Waals surface area contributed by atoms with Gasteiger partial charge in [-0.3, -0.25) is 5.10 Å². The minimum Gasteiger partial charge on any atom is -0.383 e. The van der Waals surface area contributed by atoms with E-state index < -0.39 is 10.0 Å². The van der Waals surface area contributed by atoms with E-state index in [0.717, 1.165) is 19.3 Å². The predicted octanol–water partition coefficient (Wildman–Crippen LogP) is 1.19. The van der Waals surface area contributed by atoms with Crippen molar-refractivity contribution in [3.05, 3.63) is 6.20 Å². The SMILES string of the molecule is CC1(C)CCCN(S(=O)(=O)c2cn[nH]c2N)CC1. The highest BCUT2D eigenvalue weighted by Crippen LogP contribution is 2.32. The molecule has 1 fully saturated rings. The maximum Gasteiger partial charge on any atom is 0.248 e. The van der Waals surface area contributed by atoms with Gasteiger partial charge in [0.25, 0.3) is 0 Å². The zero-order valence-corrected chi connectivity index (χ0v) is 11.6. The van der Waals surface area contributed by atoms with Crippen LogP contribution in [0.25, 0.3) is 0 Å². The molecule has 1 aromatic rings. The number of nitrogens with one attached hydrogen (secondary N) is 1. The summed E-state index contributed by atoms with van der Waals surface area (Å²) in [5.41, 5.74) is 5.80. The molecule has 1 aromatic heterocycles. The quantitative estimate of drug-likeness (QED) is 0.846. The average Bonchev–Trinajstić information content (AvgIpc) is 2.60. The molecule has 0 atom stereocenters. The van der Waals surface area contributed by atoms with Gasteiger partial charge in [-0.05, 0) is 24.7 Å². The minimum atomic E-state index is -3.51. The molecule has 0 amide bonds. The van der Waals surface area contributed by atoms with Crippen molar-refractivity contribution in [1.82, 2.24) is 14.5 Å². The van der Waals surface area contributed by atoms with E-state index >= 15 is 0 Å². The molecule has 0 radical (unpaired) electrons. The van der Waals surface area contributed by atoms with E-state index in [2.05, 4.69) is 24.0 Å². The van der Waals surface area contributed by atoms with E-state index in [-0.39, 0.29) is 16.1 Å². The molecule has 0 spiro atoms. The lowest BCUT2D eigenvalue weighted by Gasteiger charge is -2.22. The zero-order valence-electron chi connectivity index (χ0n) is 10.8. The molecule has 0 aliphatic carbocycles. The number of H-pyrrole nitrogens is 1. The van der Waals surface area contributed by atoms with Gasteiger partial charge < -0.3 is 5.73 Å². The molecule has 3 N–H and O–H groups in total. The van der Waals surface area contributed by atoms with Crippen LogP contribution in [0.15, 0.2) is 11.1 Å². The van der Waals surface area contributed by atoms with E-state index in [1.807, 2.05) is 0 Å². The van der Waals surface area contributed by atoms with Crippen LogP contribution in [0, 0.1) is 5.41 Å². The van der Waals surface area contributed by atoms with Crippen LogP contribution >= 0.6 is 0 Å². The number of rotatable bonds is 2. The summed E-state index contributed by atoms with van der Waals surface area (Å²) in [6.07, 6.45) is 4.06. The summed E-state index contributed by atoms with van der Waals surface area (Å²) in [5.74, 6) is 0.110. The lowest BCUT2D eigenvalue weighted by molar-refractivity contribution is 0.315. The Bertz CT molecular complexity index is 521. The fourth-order valence-corrected chi connectivity index (χ4v) is 3.76. The van der Waals surface area contributed by atoms with Crippen LogP contribution < -0.4 is 5.73 Å². The van der Waals surface area contributed by atoms with Gasteiger partial charge in [0, 0.05) is 13.1 Å². The van der Waals surface area contributed by atoms with Crippen LogP contribution in [0.2, 0.25) is 0 Å². The van der Waals surface area contributed by atoms with Gasteiger partial charge in [-0.1, -0.05) is 13.8 Å². The van der Waals surface area contributed by atoms with Gasteiger partial charge in [0.2, 0.25) is 10.0 Å². The largest absolute Gasteiger partial charge is 0.383 e. The molecule has 0 aromatic carbocycles. The summed E-state index contributed by atoms with van der Waals surface area (Å²) < 4.78 is 26.4. The van der Waals surface area contributed by atoms with Crippen molar-refractivity contribution in [1.29, 1.82) is 0 Å². The van der Waals surface area contributed by atoms with Gasteiger partial charge in [0.15, 0.2) is 0 Å². The number of aromatic nitrogens is 2. The molecule has 6 nitrogen and oxygen atoms in total. The molecule has 1 saturated heterocycles. The second-order valence-electron chi connectivity index (χ2n) is 5.57. The number of anilines is 1. The second kappa shape index (κ2) is 4.55. The number of aromatic amines is 1. The van der Waals surface area contributed by atoms with Gasteiger partial charge in [-0.25, -0.2) is 8.42 Å². The van der Waals surface area contributed by atoms with Crippen LogP contribution in [0.4, 0.5) is 5.82 Å². The molecule has 0 saturated carbocycles. The molecule has 2 heterocycles. The Morgan fingerprint density at radius 1 is 1.39 bits per heavy atom. The highest BCUT2D eigenvalue weighted by Gasteiger charge is 2.32. The lowest BCUT2D eigenvalue weighted by atomic mass is 9.85. The highest BCUT2D eigenvalue weighted by atomic mass is 32.2. The van der Waals surface area contributed by atoms with Crippen LogP contribution in [-0.2, 0) is 10.0 Å². The van der Waals surface area contributed by atoms with E-state index in [1.54, 1.807) is 0 Å². The van der Waals surface area contributed by atoms with Crippen molar-refractivity contribution in [3.8, 4) is 0 Å². The smallest absolute Gasteiger partial charge is 0.248 e. The second-order valence-corrected chi connectivity index (χ2v) is 7.48. The molecular weight excluding hydrogens is 252 g/mol. The van der Waals surface area contributed by atoms with Crippen LogP contribution in [0.3, 0.4) is 0 Å². The Hall–Kier alpha value is -1.08. The molecule has 7 heteroatoms. The maximum atomic E-state index is 12.4.